The third kappa shape index (κ3) is 5.97. The van der Waals surface area contributed by atoms with Gasteiger partial charge in [-0.25, -0.2) is 0 Å². The quantitative estimate of drug-likeness (QED) is 0.589. The Labute approximate surface area is 135 Å². The van der Waals surface area contributed by atoms with E-state index >= 15 is 0 Å². The molecule has 1 fully saturated rings. The molecule has 0 spiro atoms. The first-order chi connectivity index (χ1) is 10.1. The fourth-order valence-electron chi connectivity index (χ4n) is 2.27. The second kappa shape index (κ2) is 9.34. The lowest BCUT2D eigenvalue weighted by Crippen LogP contribution is -2.46. The molecular weight excluding hydrogens is 308 g/mol. The maximum absolute atomic E-state index is 11.8. The maximum Gasteiger partial charge on any atom is 0.269 e. The lowest BCUT2D eigenvalue weighted by atomic mass is 10.1. The molecule has 0 radical (unpaired) electrons. The Balaban J connectivity index is 0.00000242. The summed E-state index contributed by atoms with van der Waals surface area (Å²) in [6.07, 6.45) is 0.250. The first-order valence-electron chi connectivity index (χ1n) is 7.08. The molecular formula is C14H21ClN4O3. The standard InChI is InChI=1S/C14H20N4O3.ClH/c19-14(16-7-10-17-8-5-15-6-9-17)11-12-1-3-13(4-2-12)18(20)21;/h1-4,15H,5-11H2,(H,16,19);1H. The average Bonchev–Trinajstić information content (AvgIpc) is 2.49. The van der Waals surface area contributed by atoms with E-state index in [9.17, 15) is 14.9 Å². The molecule has 1 aromatic carbocycles. The van der Waals surface area contributed by atoms with Crippen molar-refractivity contribution in [3.05, 3.63) is 39.9 Å². The van der Waals surface area contributed by atoms with Crippen molar-refractivity contribution in [3.8, 4) is 0 Å². The average molecular weight is 329 g/mol. The summed E-state index contributed by atoms with van der Waals surface area (Å²) in [5, 5.41) is 16.7. The van der Waals surface area contributed by atoms with E-state index in [4.69, 9.17) is 0 Å². The van der Waals surface area contributed by atoms with Gasteiger partial charge in [-0.2, -0.15) is 0 Å². The highest BCUT2D eigenvalue weighted by Gasteiger charge is 2.10. The number of amides is 1. The number of carbonyl (C=O) groups is 1. The summed E-state index contributed by atoms with van der Waals surface area (Å²) in [7, 11) is 0. The molecule has 1 aliphatic heterocycles. The lowest BCUT2D eigenvalue weighted by molar-refractivity contribution is -0.384. The molecule has 1 aromatic rings. The van der Waals surface area contributed by atoms with Gasteiger partial charge in [0.05, 0.1) is 11.3 Å². The van der Waals surface area contributed by atoms with Crippen molar-refractivity contribution in [1.82, 2.24) is 15.5 Å². The Morgan fingerprint density at radius 3 is 2.50 bits per heavy atom. The molecule has 0 aromatic heterocycles. The Morgan fingerprint density at radius 1 is 1.27 bits per heavy atom. The van der Waals surface area contributed by atoms with Crippen LogP contribution in [0.1, 0.15) is 5.56 Å². The fraction of sp³-hybridized carbons (Fsp3) is 0.500. The summed E-state index contributed by atoms with van der Waals surface area (Å²) in [4.78, 5) is 24.2. The molecule has 2 rings (SSSR count). The van der Waals surface area contributed by atoms with E-state index in [1.807, 2.05) is 0 Å². The molecule has 22 heavy (non-hydrogen) atoms. The van der Waals surface area contributed by atoms with Crippen LogP contribution in [0, 0.1) is 10.1 Å². The number of carbonyl (C=O) groups excluding carboxylic acids is 1. The number of nitro groups is 1. The highest BCUT2D eigenvalue weighted by molar-refractivity contribution is 5.85. The number of nitrogens with one attached hydrogen (secondary N) is 2. The Morgan fingerprint density at radius 2 is 1.91 bits per heavy atom. The Hall–Kier alpha value is -1.70. The van der Waals surface area contributed by atoms with Gasteiger partial charge in [-0.3, -0.25) is 19.8 Å². The number of nitro benzene ring substituents is 1. The van der Waals surface area contributed by atoms with Gasteiger partial charge >= 0.3 is 0 Å². The molecule has 1 heterocycles. The molecule has 1 amide bonds. The fourth-order valence-corrected chi connectivity index (χ4v) is 2.27. The zero-order chi connectivity index (χ0) is 15.1. The monoisotopic (exact) mass is 328 g/mol. The van der Waals surface area contributed by atoms with E-state index in [1.54, 1.807) is 12.1 Å². The van der Waals surface area contributed by atoms with Crippen molar-refractivity contribution in [2.75, 3.05) is 39.3 Å². The van der Waals surface area contributed by atoms with E-state index in [1.165, 1.54) is 12.1 Å². The van der Waals surface area contributed by atoms with E-state index in [-0.39, 0.29) is 30.4 Å². The van der Waals surface area contributed by atoms with Crippen LogP contribution in [0.3, 0.4) is 0 Å². The number of halogens is 1. The second-order valence-corrected chi connectivity index (χ2v) is 5.04. The number of benzene rings is 1. The molecule has 2 N–H and O–H groups in total. The van der Waals surface area contributed by atoms with Crippen LogP contribution in [0.4, 0.5) is 5.69 Å². The summed E-state index contributed by atoms with van der Waals surface area (Å²) in [5.74, 6) is -0.0565. The van der Waals surface area contributed by atoms with Gasteiger partial charge in [-0.15, -0.1) is 12.4 Å². The molecule has 122 valence electrons. The number of nitrogens with zero attached hydrogens (tertiary/aromatic N) is 2. The van der Waals surface area contributed by atoms with Gasteiger partial charge < -0.3 is 10.6 Å². The van der Waals surface area contributed by atoms with Gasteiger partial charge in [-0.1, -0.05) is 12.1 Å². The minimum Gasteiger partial charge on any atom is -0.355 e. The lowest BCUT2D eigenvalue weighted by Gasteiger charge is -2.27. The van der Waals surface area contributed by atoms with Gasteiger partial charge in [0, 0.05) is 51.4 Å². The van der Waals surface area contributed by atoms with Crippen LogP contribution in [-0.2, 0) is 11.2 Å². The van der Waals surface area contributed by atoms with Crippen LogP contribution in [0.15, 0.2) is 24.3 Å². The topological polar surface area (TPSA) is 87.5 Å². The number of non-ortho nitro benzene ring substituents is 1. The van der Waals surface area contributed by atoms with Gasteiger partial charge in [-0.05, 0) is 5.56 Å². The Bertz CT molecular complexity index is 489. The molecule has 0 saturated carbocycles. The minimum atomic E-state index is -0.447. The van der Waals surface area contributed by atoms with Crippen molar-refractivity contribution in [2.45, 2.75) is 6.42 Å². The summed E-state index contributed by atoms with van der Waals surface area (Å²) in [6, 6.07) is 6.08. The zero-order valence-corrected chi connectivity index (χ0v) is 13.1. The van der Waals surface area contributed by atoms with Crippen LogP contribution in [-0.4, -0.2) is 55.0 Å². The predicted octanol–water partition coefficient (Wildman–Crippen LogP) is 0.580. The van der Waals surface area contributed by atoms with Crippen LogP contribution in [0.5, 0.6) is 0 Å². The first-order valence-corrected chi connectivity index (χ1v) is 7.08. The van der Waals surface area contributed by atoms with Crippen molar-refractivity contribution < 1.29 is 9.72 Å². The molecule has 0 aliphatic carbocycles. The third-order valence-corrected chi connectivity index (χ3v) is 3.47. The molecule has 1 saturated heterocycles. The molecule has 0 atom stereocenters. The van der Waals surface area contributed by atoms with E-state index < -0.39 is 4.92 Å². The molecule has 7 nitrogen and oxygen atoms in total. The summed E-state index contributed by atoms with van der Waals surface area (Å²) < 4.78 is 0. The molecule has 8 heteroatoms. The smallest absolute Gasteiger partial charge is 0.269 e. The number of piperazine rings is 1. The normalized spacial score (nSPS) is 14.9. The van der Waals surface area contributed by atoms with Crippen LogP contribution < -0.4 is 10.6 Å². The number of hydrogen-bond acceptors (Lipinski definition) is 5. The summed E-state index contributed by atoms with van der Waals surface area (Å²) in [6.45, 7) is 5.50. The minimum absolute atomic E-state index is 0. The number of hydrogen-bond donors (Lipinski definition) is 2. The molecule has 0 unspecified atom stereocenters. The van der Waals surface area contributed by atoms with Gasteiger partial charge in [0.25, 0.3) is 5.69 Å². The van der Waals surface area contributed by atoms with E-state index in [2.05, 4.69) is 15.5 Å². The largest absolute Gasteiger partial charge is 0.355 e. The summed E-state index contributed by atoms with van der Waals surface area (Å²) in [5.41, 5.74) is 0.818. The van der Waals surface area contributed by atoms with Crippen molar-refractivity contribution in [1.29, 1.82) is 0 Å². The van der Waals surface area contributed by atoms with Crippen LogP contribution >= 0.6 is 12.4 Å². The molecule has 1 aliphatic rings. The van der Waals surface area contributed by atoms with Crippen molar-refractivity contribution in [2.24, 2.45) is 0 Å². The summed E-state index contributed by atoms with van der Waals surface area (Å²) >= 11 is 0. The Kier molecular flexibility index (Phi) is 7.79. The van der Waals surface area contributed by atoms with Gasteiger partial charge in [0.15, 0.2) is 0 Å². The second-order valence-electron chi connectivity index (χ2n) is 5.04. The number of rotatable bonds is 6. The third-order valence-electron chi connectivity index (χ3n) is 3.47. The van der Waals surface area contributed by atoms with Gasteiger partial charge in [0.1, 0.15) is 0 Å². The molecule has 0 bridgehead atoms. The zero-order valence-electron chi connectivity index (χ0n) is 12.3. The van der Waals surface area contributed by atoms with Gasteiger partial charge in [0.2, 0.25) is 5.91 Å². The van der Waals surface area contributed by atoms with E-state index in [0.29, 0.717) is 6.54 Å². The highest BCUT2D eigenvalue weighted by atomic mass is 35.5. The van der Waals surface area contributed by atoms with Crippen LogP contribution in [0.25, 0.3) is 0 Å². The maximum atomic E-state index is 11.8. The van der Waals surface area contributed by atoms with E-state index in [0.717, 1.165) is 38.3 Å². The van der Waals surface area contributed by atoms with Crippen LogP contribution in [0.2, 0.25) is 0 Å². The van der Waals surface area contributed by atoms with Crippen molar-refractivity contribution in [3.63, 3.8) is 0 Å². The highest BCUT2D eigenvalue weighted by Crippen LogP contribution is 2.12. The predicted molar refractivity (Wildman–Crippen MR) is 86.4 cm³/mol. The first kappa shape index (κ1) is 18.3. The SMILES string of the molecule is Cl.O=C(Cc1ccc([N+](=O)[O-])cc1)NCCN1CCNCC1. The van der Waals surface area contributed by atoms with Crippen molar-refractivity contribution >= 4 is 24.0 Å².